The van der Waals surface area contributed by atoms with E-state index in [1.807, 2.05) is 11.7 Å². The quantitative estimate of drug-likeness (QED) is 0.692. The van der Waals surface area contributed by atoms with E-state index in [0.29, 0.717) is 0 Å². The highest BCUT2D eigenvalue weighted by Crippen LogP contribution is 2.17. The number of aromatic nitrogens is 2. The van der Waals surface area contributed by atoms with Gasteiger partial charge in [-0.2, -0.15) is 5.10 Å². The molecular weight excluding hydrogens is 236 g/mol. The van der Waals surface area contributed by atoms with Crippen LogP contribution in [0.4, 0.5) is 0 Å². The van der Waals surface area contributed by atoms with E-state index >= 15 is 0 Å². The zero-order valence-electron chi connectivity index (χ0n) is 13.1. The summed E-state index contributed by atoms with van der Waals surface area (Å²) in [5.74, 6) is 0. The van der Waals surface area contributed by atoms with Gasteiger partial charge in [-0.05, 0) is 38.7 Å². The summed E-state index contributed by atoms with van der Waals surface area (Å²) in [5, 5.41) is 14.4. The van der Waals surface area contributed by atoms with E-state index in [4.69, 9.17) is 0 Å². The van der Waals surface area contributed by atoms with Crippen LogP contribution in [0.2, 0.25) is 0 Å². The summed E-state index contributed by atoms with van der Waals surface area (Å²) in [6, 6.07) is 0. The van der Waals surface area contributed by atoms with E-state index in [9.17, 15) is 5.11 Å². The monoisotopic (exact) mass is 266 g/mol. The fraction of sp³-hybridized carbons (Fsp3) is 0.812. The van der Waals surface area contributed by atoms with Gasteiger partial charge >= 0.3 is 0 Å². The molecule has 0 fully saturated rings. The maximum absolute atomic E-state index is 10.0. The lowest BCUT2D eigenvalue weighted by Crippen LogP contribution is -2.08. The van der Waals surface area contributed by atoms with Crippen LogP contribution in [0, 0.1) is 13.8 Å². The lowest BCUT2D eigenvalue weighted by molar-refractivity contribution is 0.151. The Bertz CT molecular complexity index is 371. The average Bonchev–Trinajstić information content (AvgIpc) is 2.61. The van der Waals surface area contributed by atoms with Crippen molar-refractivity contribution in [3.05, 3.63) is 17.0 Å². The van der Waals surface area contributed by atoms with Gasteiger partial charge in [0.15, 0.2) is 0 Å². The van der Waals surface area contributed by atoms with E-state index in [-0.39, 0.29) is 6.10 Å². The van der Waals surface area contributed by atoms with Crippen LogP contribution in [0.25, 0.3) is 0 Å². The third-order valence-corrected chi connectivity index (χ3v) is 4.03. The Balaban J connectivity index is 2.24. The second kappa shape index (κ2) is 8.36. The number of aryl methyl sites for hydroxylation is 2. The predicted molar refractivity (Wildman–Crippen MR) is 80.4 cm³/mol. The summed E-state index contributed by atoms with van der Waals surface area (Å²) >= 11 is 0. The second-order valence-corrected chi connectivity index (χ2v) is 5.67. The lowest BCUT2D eigenvalue weighted by atomic mass is 10.0. The highest BCUT2D eigenvalue weighted by atomic mass is 16.3. The first kappa shape index (κ1) is 16.2. The first-order valence-corrected chi connectivity index (χ1v) is 7.73. The minimum absolute atomic E-state index is 0.152. The van der Waals surface area contributed by atoms with Crippen LogP contribution in [0.15, 0.2) is 0 Å². The number of aliphatic hydroxyl groups is 1. The molecule has 1 unspecified atom stereocenters. The highest BCUT2D eigenvalue weighted by molar-refractivity contribution is 5.24. The Morgan fingerprint density at radius 3 is 2.37 bits per heavy atom. The van der Waals surface area contributed by atoms with Crippen LogP contribution in [0.3, 0.4) is 0 Å². The van der Waals surface area contributed by atoms with Gasteiger partial charge in [-0.1, -0.05) is 39.0 Å². The molecule has 1 aromatic rings. The SMILES string of the molecule is CCCCCCCC(O)CCc1c(C)nn(C)c1C. The molecule has 0 aliphatic rings. The lowest BCUT2D eigenvalue weighted by Gasteiger charge is -2.10. The normalized spacial score (nSPS) is 12.9. The van der Waals surface area contributed by atoms with E-state index in [2.05, 4.69) is 25.9 Å². The largest absolute Gasteiger partial charge is 0.393 e. The summed E-state index contributed by atoms with van der Waals surface area (Å²) in [6.45, 7) is 6.39. The van der Waals surface area contributed by atoms with E-state index in [0.717, 1.165) is 31.4 Å². The van der Waals surface area contributed by atoms with Gasteiger partial charge in [-0.3, -0.25) is 4.68 Å². The smallest absolute Gasteiger partial charge is 0.0628 e. The molecule has 1 aromatic heterocycles. The summed E-state index contributed by atoms with van der Waals surface area (Å²) < 4.78 is 1.93. The second-order valence-electron chi connectivity index (χ2n) is 5.67. The first-order chi connectivity index (χ1) is 9.06. The molecule has 0 spiro atoms. The number of hydrogen-bond donors (Lipinski definition) is 1. The van der Waals surface area contributed by atoms with Gasteiger partial charge in [0.1, 0.15) is 0 Å². The van der Waals surface area contributed by atoms with Gasteiger partial charge < -0.3 is 5.11 Å². The Morgan fingerprint density at radius 2 is 1.79 bits per heavy atom. The average molecular weight is 266 g/mol. The molecule has 1 heterocycles. The van der Waals surface area contributed by atoms with Crippen molar-refractivity contribution in [1.29, 1.82) is 0 Å². The van der Waals surface area contributed by atoms with E-state index in [1.54, 1.807) is 0 Å². The topological polar surface area (TPSA) is 38.1 Å². The zero-order chi connectivity index (χ0) is 14.3. The summed E-state index contributed by atoms with van der Waals surface area (Å²) in [4.78, 5) is 0. The van der Waals surface area contributed by atoms with Gasteiger partial charge in [0.2, 0.25) is 0 Å². The van der Waals surface area contributed by atoms with Crippen molar-refractivity contribution in [2.24, 2.45) is 7.05 Å². The molecule has 1 N–H and O–H groups in total. The molecule has 0 aromatic carbocycles. The van der Waals surface area contributed by atoms with Crippen molar-refractivity contribution < 1.29 is 5.11 Å². The minimum atomic E-state index is -0.152. The molecule has 3 heteroatoms. The summed E-state index contributed by atoms with van der Waals surface area (Å²) in [7, 11) is 1.98. The zero-order valence-corrected chi connectivity index (χ0v) is 13.1. The van der Waals surface area contributed by atoms with E-state index in [1.165, 1.54) is 36.9 Å². The molecular formula is C16H30N2O. The molecule has 0 aliphatic heterocycles. The molecule has 1 rings (SSSR count). The van der Waals surface area contributed by atoms with Crippen molar-refractivity contribution in [2.75, 3.05) is 0 Å². The standard InChI is InChI=1S/C16H30N2O/c1-5-6-7-8-9-10-15(19)11-12-16-13(2)17-18(4)14(16)3/h15,19H,5-12H2,1-4H3. The molecule has 0 saturated heterocycles. The van der Waals surface area contributed by atoms with Crippen LogP contribution in [0.1, 0.15) is 68.8 Å². The first-order valence-electron chi connectivity index (χ1n) is 7.73. The van der Waals surface area contributed by atoms with Gasteiger partial charge in [0, 0.05) is 12.7 Å². The number of hydrogen-bond acceptors (Lipinski definition) is 2. The van der Waals surface area contributed by atoms with Gasteiger partial charge in [-0.25, -0.2) is 0 Å². The third-order valence-electron chi connectivity index (χ3n) is 4.03. The Kier molecular flexibility index (Phi) is 7.14. The molecule has 0 radical (unpaired) electrons. The Labute approximate surface area is 118 Å². The van der Waals surface area contributed by atoms with Crippen molar-refractivity contribution in [3.8, 4) is 0 Å². The number of aliphatic hydroxyl groups excluding tert-OH is 1. The van der Waals surface area contributed by atoms with Crippen molar-refractivity contribution in [2.45, 2.75) is 78.2 Å². The van der Waals surface area contributed by atoms with Crippen LogP contribution in [-0.4, -0.2) is 21.0 Å². The van der Waals surface area contributed by atoms with Gasteiger partial charge in [0.25, 0.3) is 0 Å². The van der Waals surface area contributed by atoms with Gasteiger partial charge in [-0.15, -0.1) is 0 Å². The van der Waals surface area contributed by atoms with Crippen LogP contribution in [-0.2, 0) is 13.5 Å². The Hall–Kier alpha value is -0.830. The van der Waals surface area contributed by atoms with Crippen molar-refractivity contribution in [3.63, 3.8) is 0 Å². The number of nitrogens with zero attached hydrogens (tertiary/aromatic N) is 2. The molecule has 0 aliphatic carbocycles. The summed E-state index contributed by atoms with van der Waals surface area (Å²) in [6.07, 6.45) is 8.93. The number of unbranched alkanes of at least 4 members (excludes halogenated alkanes) is 4. The fourth-order valence-corrected chi connectivity index (χ4v) is 2.62. The molecule has 0 amide bonds. The maximum Gasteiger partial charge on any atom is 0.0628 e. The van der Waals surface area contributed by atoms with Crippen LogP contribution < -0.4 is 0 Å². The number of rotatable bonds is 9. The van der Waals surface area contributed by atoms with Crippen LogP contribution >= 0.6 is 0 Å². The maximum atomic E-state index is 10.0. The Morgan fingerprint density at radius 1 is 1.11 bits per heavy atom. The fourth-order valence-electron chi connectivity index (χ4n) is 2.62. The molecule has 0 bridgehead atoms. The molecule has 110 valence electrons. The highest BCUT2D eigenvalue weighted by Gasteiger charge is 2.11. The third kappa shape index (κ3) is 5.35. The molecule has 1 atom stereocenters. The van der Waals surface area contributed by atoms with Crippen LogP contribution in [0.5, 0.6) is 0 Å². The molecule has 3 nitrogen and oxygen atoms in total. The summed E-state index contributed by atoms with van der Waals surface area (Å²) in [5.41, 5.74) is 3.65. The minimum Gasteiger partial charge on any atom is -0.393 e. The van der Waals surface area contributed by atoms with Crippen molar-refractivity contribution >= 4 is 0 Å². The predicted octanol–water partition coefficient (Wildman–Crippen LogP) is 3.69. The molecule has 0 saturated carbocycles. The van der Waals surface area contributed by atoms with Crippen molar-refractivity contribution in [1.82, 2.24) is 9.78 Å². The molecule has 19 heavy (non-hydrogen) atoms. The van der Waals surface area contributed by atoms with Gasteiger partial charge in [0.05, 0.1) is 11.8 Å². The van der Waals surface area contributed by atoms with E-state index < -0.39 is 0 Å².